The SMILES string of the molecule is CCCCc1c(C)oc(-c2ccccc2)cc1=O. The summed E-state index contributed by atoms with van der Waals surface area (Å²) in [5.74, 6) is 1.40. The van der Waals surface area contributed by atoms with Crippen molar-refractivity contribution in [3.8, 4) is 11.3 Å². The Bertz CT molecular complexity index is 567. The van der Waals surface area contributed by atoms with Crippen molar-refractivity contribution in [2.24, 2.45) is 0 Å². The Kier molecular flexibility index (Phi) is 3.98. The van der Waals surface area contributed by atoms with Crippen LogP contribution >= 0.6 is 0 Å². The molecular formula is C16H18O2. The molecule has 0 atom stereocenters. The Labute approximate surface area is 107 Å². The van der Waals surface area contributed by atoms with E-state index in [2.05, 4.69) is 6.92 Å². The first-order valence-electron chi connectivity index (χ1n) is 6.41. The van der Waals surface area contributed by atoms with Gasteiger partial charge in [0.1, 0.15) is 11.5 Å². The second kappa shape index (κ2) is 5.67. The number of unbranched alkanes of at least 4 members (excludes halogenated alkanes) is 1. The molecule has 0 spiro atoms. The highest BCUT2D eigenvalue weighted by Crippen LogP contribution is 2.20. The first kappa shape index (κ1) is 12.6. The first-order valence-corrected chi connectivity index (χ1v) is 6.41. The normalized spacial score (nSPS) is 10.6. The highest BCUT2D eigenvalue weighted by Gasteiger charge is 2.09. The van der Waals surface area contributed by atoms with Gasteiger partial charge in [0.2, 0.25) is 0 Å². The van der Waals surface area contributed by atoms with E-state index in [0.717, 1.165) is 36.1 Å². The molecule has 0 radical (unpaired) electrons. The van der Waals surface area contributed by atoms with E-state index in [1.165, 1.54) is 0 Å². The molecule has 0 saturated heterocycles. The van der Waals surface area contributed by atoms with E-state index in [0.29, 0.717) is 5.76 Å². The van der Waals surface area contributed by atoms with Crippen LogP contribution < -0.4 is 5.43 Å². The van der Waals surface area contributed by atoms with E-state index in [4.69, 9.17) is 4.42 Å². The second-order valence-electron chi connectivity index (χ2n) is 4.48. The Morgan fingerprint density at radius 1 is 1.17 bits per heavy atom. The second-order valence-corrected chi connectivity index (χ2v) is 4.48. The maximum atomic E-state index is 12.1. The van der Waals surface area contributed by atoms with Gasteiger partial charge in [0.05, 0.1) is 0 Å². The summed E-state index contributed by atoms with van der Waals surface area (Å²) in [6, 6.07) is 11.3. The highest BCUT2D eigenvalue weighted by atomic mass is 16.3. The molecule has 0 bridgehead atoms. The Hall–Kier alpha value is -1.83. The monoisotopic (exact) mass is 242 g/mol. The van der Waals surface area contributed by atoms with Crippen LogP contribution in [-0.2, 0) is 6.42 Å². The predicted octanol–water partition coefficient (Wildman–Crippen LogP) is 3.96. The van der Waals surface area contributed by atoms with Crippen molar-refractivity contribution < 1.29 is 4.42 Å². The van der Waals surface area contributed by atoms with Crippen molar-refractivity contribution in [3.63, 3.8) is 0 Å². The summed E-state index contributed by atoms with van der Waals surface area (Å²) in [5, 5.41) is 0. The van der Waals surface area contributed by atoms with Crippen LogP contribution in [0.3, 0.4) is 0 Å². The summed E-state index contributed by atoms with van der Waals surface area (Å²) in [6.07, 6.45) is 2.91. The van der Waals surface area contributed by atoms with Gasteiger partial charge < -0.3 is 4.42 Å². The minimum atomic E-state index is 0.0889. The zero-order chi connectivity index (χ0) is 13.0. The van der Waals surface area contributed by atoms with Crippen molar-refractivity contribution in [1.29, 1.82) is 0 Å². The summed E-state index contributed by atoms with van der Waals surface area (Å²) in [4.78, 5) is 12.1. The summed E-state index contributed by atoms with van der Waals surface area (Å²) in [5.41, 5.74) is 1.85. The Morgan fingerprint density at radius 3 is 2.50 bits per heavy atom. The number of hydrogen-bond acceptors (Lipinski definition) is 2. The third kappa shape index (κ3) is 2.70. The van der Waals surface area contributed by atoms with Crippen LogP contribution in [0.4, 0.5) is 0 Å². The van der Waals surface area contributed by atoms with Crippen molar-refractivity contribution in [2.45, 2.75) is 33.1 Å². The van der Waals surface area contributed by atoms with Gasteiger partial charge in [-0.3, -0.25) is 4.79 Å². The fourth-order valence-electron chi connectivity index (χ4n) is 2.03. The summed E-state index contributed by atoms with van der Waals surface area (Å²) in [7, 11) is 0. The maximum absolute atomic E-state index is 12.1. The highest BCUT2D eigenvalue weighted by molar-refractivity contribution is 5.57. The molecule has 94 valence electrons. The molecule has 18 heavy (non-hydrogen) atoms. The Morgan fingerprint density at radius 2 is 1.89 bits per heavy atom. The minimum absolute atomic E-state index is 0.0889. The summed E-state index contributed by atoms with van der Waals surface area (Å²) < 4.78 is 5.77. The van der Waals surface area contributed by atoms with Crippen LogP contribution in [0.2, 0.25) is 0 Å². The van der Waals surface area contributed by atoms with E-state index < -0.39 is 0 Å². The molecule has 1 heterocycles. The molecule has 0 aliphatic rings. The van der Waals surface area contributed by atoms with E-state index in [9.17, 15) is 4.79 Å². The van der Waals surface area contributed by atoms with E-state index >= 15 is 0 Å². The zero-order valence-corrected chi connectivity index (χ0v) is 10.9. The van der Waals surface area contributed by atoms with Crippen LogP contribution in [0.5, 0.6) is 0 Å². The topological polar surface area (TPSA) is 30.2 Å². The smallest absolute Gasteiger partial charge is 0.188 e. The van der Waals surface area contributed by atoms with Crippen molar-refractivity contribution >= 4 is 0 Å². The molecule has 0 unspecified atom stereocenters. The van der Waals surface area contributed by atoms with Crippen LogP contribution in [0, 0.1) is 6.92 Å². The first-order chi connectivity index (χ1) is 8.72. The molecule has 0 aliphatic carbocycles. The van der Waals surface area contributed by atoms with E-state index in [-0.39, 0.29) is 5.43 Å². The third-order valence-electron chi connectivity index (χ3n) is 3.09. The molecule has 1 aromatic heterocycles. The van der Waals surface area contributed by atoms with Gasteiger partial charge in [-0.1, -0.05) is 43.7 Å². The molecule has 0 amide bonds. The molecular weight excluding hydrogens is 224 g/mol. The van der Waals surface area contributed by atoms with E-state index in [1.54, 1.807) is 6.07 Å². The Balaban J connectivity index is 2.40. The largest absolute Gasteiger partial charge is 0.461 e. The fourth-order valence-corrected chi connectivity index (χ4v) is 2.03. The van der Waals surface area contributed by atoms with Crippen molar-refractivity contribution in [3.05, 3.63) is 57.9 Å². The quantitative estimate of drug-likeness (QED) is 0.812. The van der Waals surface area contributed by atoms with Crippen LogP contribution in [0.15, 0.2) is 45.6 Å². The van der Waals surface area contributed by atoms with Gasteiger partial charge in [0, 0.05) is 17.2 Å². The van der Waals surface area contributed by atoms with Crippen molar-refractivity contribution in [1.82, 2.24) is 0 Å². The molecule has 2 nitrogen and oxygen atoms in total. The van der Waals surface area contributed by atoms with Gasteiger partial charge in [-0.25, -0.2) is 0 Å². The standard InChI is InChI=1S/C16H18O2/c1-3-4-10-14-12(2)18-16(11-15(14)17)13-8-6-5-7-9-13/h5-9,11H,3-4,10H2,1-2H3. The van der Waals surface area contributed by atoms with Gasteiger partial charge in [0.25, 0.3) is 0 Å². The lowest BCUT2D eigenvalue weighted by atomic mass is 10.1. The lowest BCUT2D eigenvalue weighted by Crippen LogP contribution is -2.10. The molecule has 0 aliphatic heterocycles. The third-order valence-corrected chi connectivity index (χ3v) is 3.09. The minimum Gasteiger partial charge on any atom is -0.461 e. The summed E-state index contributed by atoms with van der Waals surface area (Å²) in [6.45, 7) is 3.99. The molecule has 2 aromatic rings. The predicted molar refractivity (Wildman–Crippen MR) is 73.8 cm³/mol. The average Bonchev–Trinajstić information content (AvgIpc) is 2.39. The molecule has 0 N–H and O–H groups in total. The molecule has 2 rings (SSSR count). The number of benzene rings is 1. The number of aryl methyl sites for hydroxylation is 1. The lowest BCUT2D eigenvalue weighted by molar-refractivity contribution is 0.517. The van der Waals surface area contributed by atoms with E-state index in [1.807, 2.05) is 37.3 Å². The van der Waals surface area contributed by atoms with Crippen LogP contribution in [0.25, 0.3) is 11.3 Å². The zero-order valence-electron chi connectivity index (χ0n) is 10.9. The van der Waals surface area contributed by atoms with Crippen LogP contribution in [0.1, 0.15) is 31.1 Å². The average molecular weight is 242 g/mol. The molecule has 0 saturated carbocycles. The number of hydrogen-bond donors (Lipinski definition) is 0. The molecule has 2 heteroatoms. The van der Waals surface area contributed by atoms with Gasteiger partial charge >= 0.3 is 0 Å². The van der Waals surface area contributed by atoms with Crippen molar-refractivity contribution in [2.75, 3.05) is 0 Å². The van der Waals surface area contributed by atoms with Gasteiger partial charge in [0.15, 0.2) is 5.43 Å². The van der Waals surface area contributed by atoms with Gasteiger partial charge in [-0.2, -0.15) is 0 Å². The summed E-state index contributed by atoms with van der Waals surface area (Å²) >= 11 is 0. The molecule has 0 fully saturated rings. The van der Waals surface area contributed by atoms with Gasteiger partial charge in [-0.05, 0) is 19.8 Å². The lowest BCUT2D eigenvalue weighted by Gasteiger charge is -2.06. The maximum Gasteiger partial charge on any atom is 0.188 e. The van der Waals surface area contributed by atoms with Crippen LogP contribution in [-0.4, -0.2) is 0 Å². The molecule has 1 aromatic carbocycles. The fraction of sp³-hybridized carbons (Fsp3) is 0.312. The number of rotatable bonds is 4. The van der Waals surface area contributed by atoms with Gasteiger partial charge in [-0.15, -0.1) is 0 Å².